The van der Waals surface area contributed by atoms with Crippen molar-refractivity contribution in [2.24, 2.45) is 5.92 Å². The van der Waals surface area contributed by atoms with Crippen molar-refractivity contribution in [3.8, 4) is 0 Å². The van der Waals surface area contributed by atoms with E-state index < -0.39 is 0 Å². The summed E-state index contributed by atoms with van der Waals surface area (Å²) < 4.78 is 0. The second kappa shape index (κ2) is 7.37. The van der Waals surface area contributed by atoms with Gasteiger partial charge in [0.15, 0.2) is 0 Å². The molecule has 1 aliphatic carbocycles. The fourth-order valence-electron chi connectivity index (χ4n) is 1.99. The van der Waals surface area contributed by atoms with E-state index in [4.69, 9.17) is 0 Å². The van der Waals surface area contributed by atoms with Gasteiger partial charge in [-0.3, -0.25) is 0 Å². The van der Waals surface area contributed by atoms with E-state index in [2.05, 4.69) is 26.1 Å². The van der Waals surface area contributed by atoms with Crippen LogP contribution in [-0.2, 0) is 0 Å². The minimum absolute atomic E-state index is 0.653. The Kier molecular flexibility index (Phi) is 7.35. The van der Waals surface area contributed by atoms with Crippen molar-refractivity contribution >= 4 is 0 Å². The Hall–Kier alpha value is -0.0400. The monoisotopic (exact) mass is 185 g/mol. The van der Waals surface area contributed by atoms with Gasteiger partial charge in [-0.1, -0.05) is 47.5 Å². The zero-order valence-electron chi connectivity index (χ0n) is 10.1. The van der Waals surface area contributed by atoms with E-state index in [1.807, 2.05) is 13.8 Å². The predicted molar refractivity (Wildman–Crippen MR) is 61.0 cm³/mol. The lowest BCUT2D eigenvalue weighted by Gasteiger charge is -2.31. The Morgan fingerprint density at radius 2 is 1.62 bits per heavy atom. The van der Waals surface area contributed by atoms with Crippen LogP contribution < -0.4 is 5.32 Å². The van der Waals surface area contributed by atoms with Crippen molar-refractivity contribution in [2.75, 3.05) is 0 Å². The van der Waals surface area contributed by atoms with Crippen LogP contribution in [0.25, 0.3) is 0 Å². The molecule has 0 aromatic heterocycles. The maximum absolute atomic E-state index is 3.63. The molecule has 0 aliphatic heterocycles. The largest absolute Gasteiger partial charge is 0.312 e. The van der Waals surface area contributed by atoms with Crippen LogP contribution in [-0.4, -0.2) is 12.1 Å². The number of hydrogen-bond donors (Lipinski definition) is 1. The smallest absolute Gasteiger partial charge is 0.00950 e. The van der Waals surface area contributed by atoms with Gasteiger partial charge in [0, 0.05) is 12.1 Å². The average molecular weight is 185 g/mol. The van der Waals surface area contributed by atoms with Crippen LogP contribution in [0.5, 0.6) is 0 Å². The molecule has 0 aromatic carbocycles. The SMILES string of the molecule is CC.CC(C)NC1CCCCC1C. The first-order valence-electron chi connectivity index (χ1n) is 5.96. The molecule has 80 valence electrons. The average Bonchev–Trinajstić information content (AvgIpc) is 2.12. The molecule has 0 radical (unpaired) electrons. The molecule has 1 saturated carbocycles. The zero-order valence-corrected chi connectivity index (χ0v) is 10.1. The van der Waals surface area contributed by atoms with Gasteiger partial charge in [-0.15, -0.1) is 0 Å². The van der Waals surface area contributed by atoms with Crippen molar-refractivity contribution in [3.05, 3.63) is 0 Å². The summed E-state index contributed by atoms with van der Waals surface area (Å²) in [6, 6.07) is 1.45. The Morgan fingerprint density at radius 3 is 2.08 bits per heavy atom. The van der Waals surface area contributed by atoms with Crippen molar-refractivity contribution < 1.29 is 0 Å². The molecule has 0 aromatic rings. The summed E-state index contributed by atoms with van der Waals surface area (Å²) in [5.41, 5.74) is 0. The van der Waals surface area contributed by atoms with E-state index in [1.165, 1.54) is 25.7 Å². The molecule has 1 nitrogen and oxygen atoms in total. The second-order valence-electron chi connectivity index (χ2n) is 4.19. The van der Waals surface area contributed by atoms with Gasteiger partial charge < -0.3 is 5.32 Å². The van der Waals surface area contributed by atoms with Gasteiger partial charge in [-0.05, 0) is 18.8 Å². The molecule has 1 N–H and O–H groups in total. The molecule has 0 heterocycles. The third-order valence-electron chi connectivity index (χ3n) is 2.66. The first kappa shape index (κ1) is 13.0. The van der Waals surface area contributed by atoms with Gasteiger partial charge >= 0.3 is 0 Å². The highest BCUT2D eigenvalue weighted by molar-refractivity contribution is 4.78. The lowest BCUT2D eigenvalue weighted by atomic mass is 9.85. The Balaban J connectivity index is 0.000000671. The topological polar surface area (TPSA) is 12.0 Å². The minimum Gasteiger partial charge on any atom is -0.312 e. The predicted octanol–water partition coefficient (Wildman–Crippen LogP) is 3.59. The molecular weight excluding hydrogens is 158 g/mol. The first-order valence-corrected chi connectivity index (χ1v) is 5.96. The van der Waals surface area contributed by atoms with Crippen molar-refractivity contribution in [2.45, 2.75) is 72.4 Å². The molecule has 1 heteroatoms. The Labute approximate surface area is 84.3 Å². The maximum atomic E-state index is 3.63. The normalized spacial score (nSPS) is 28.2. The molecule has 0 bridgehead atoms. The minimum atomic E-state index is 0.653. The molecule has 1 aliphatic rings. The van der Waals surface area contributed by atoms with E-state index in [1.54, 1.807) is 0 Å². The third kappa shape index (κ3) is 5.30. The third-order valence-corrected chi connectivity index (χ3v) is 2.66. The summed E-state index contributed by atoms with van der Waals surface area (Å²) in [6.45, 7) is 10.8. The summed E-state index contributed by atoms with van der Waals surface area (Å²) >= 11 is 0. The lowest BCUT2D eigenvalue weighted by Crippen LogP contribution is -2.41. The summed E-state index contributed by atoms with van der Waals surface area (Å²) in [6.07, 6.45) is 5.68. The van der Waals surface area contributed by atoms with Crippen molar-refractivity contribution in [1.82, 2.24) is 5.32 Å². The molecule has 0 saturated heterocycles. The highest BCUT2D eigenvalue weighted by Gasteiger charge is 2.20. The second-order valence-corrected chi connectivity index (χ2v) is 4.19. The number of hydrogen-bond acceptors (Lipinski definition) is 1. The summed E-state index contributed by atoms with van der Waals surface area (Å²) in [5.74, 6) is 0.895. The lowest BCUT2D eigenvalue weighted by molar-refractivity contribution is 0.267. The zero-order chi connectivity index (χ0) is 10.3. The summed E-state index contributed by atoms with van der Waals surface area (Å²) in [7, 11) is 0. The van der Waals surface area contributed by atoms with Crippen molar-refractivity contribution in [3.63, 3.8) is 0 Å². The Morgan fingerprint density at radius 1 is 1.08 bits per heavy atom. The van der Waals surface area contributed by atoms with Crippen molar-refractivity contribution in [1.29, 1.82) is 0 Å². The number of nitrogens with one attached hydrogen (secondary N) is 1. The molecular formula is C12H27N. The van der Waals surface area contributed by atoms with E-state index in [-0.39, 0.29) is 0 Å². The molecule has 0 spiro atoms. The quantitative estimate of drug-likeness (QED) is 0.693. The van der Waals surface area contributed by atoms with E-state index >= 15 is 0 Å². The first-order chi connectivity index (χ1) is 6.20. The van der Waals surface area contributed by atoms with Gasteiger partial charge in [0.25, 0.3) is 0 Å². The van der Waals surface area contributed by atoms with Crippen LogP contribution in [0, 0.1) is 5.92 Å². The molecule has 0 amide bonds. The summed E-state index contributed by atoms with van der Waals surface area (Å²) in [4.78, 5) is 0. The standard InChI is InChI=1S/C10H21N.C2H6/c1-8(2)11-10-7-5-4-6-9(10)3;1-2/h8-11H,4-7H2,1-3H3;1-2H3. The van der Waals surface area contributed by atoms with Gasteiger partial charge in [-0.2, -0.15) is 0 Å². The molecule has 2 atom stereocenters. The fraction of sp³-hybridized carbons (Fsp3) is 1.00. The fourth-order valence-corrected chi connectivity index (χ4v) is 1.99. The van der Waals surface area contributed by atoms with Gasteiger partial charge in [0.05, 0.1) is 0 Å². The van der Waals surface area contributed by atoms with Crippen LogP contribution >= 0.6 is 0 Å². The molecule has 1 rings (SSSR count). The highest BCUT2D eigenvalue weighted by Crippen LogP contribution is 2.23. The highest BCUT2D eigenvalue weighted by atomic mass is 14.9. The van der Waals surface area contributed by atoms with Crippen LogP contribution in [0.15, 0.2) is 0 Å². The summed E-state index contributed by atoms with van der Waals surface area (Å²) in [5, 5.41) is 3.63. The molecule has 1 fully saturated rings. The van der Waals surface area contributed by atoms with Crippen LogP contribution in [0.4, 0.5) is 0 Å². The van der Waals surface area contributed by atoms with E-state index in [0.29, 0.717) is 6.04 Å². The van der Waals surface area contributed by atoms with Gasteiger partial charge in [0.1, 0.15) is 0 Å². The van der Waals surface area contributed by atoms with Gasteiger partial charge in [-0.25, -0.2) is 0 Å². The Bertz CT molecular complexity index is 110. The van der Waals surface area contributed by atoms with Gasteiger partial charge in [0.2, 0.25) is 0 Å². The van der Waals surface area contributed by atoms with Crippen LogP contribution in [0.3, 0.4) is 0 Å². The van der Waals surface area contributed by atoms with Crippen LogP contribution in [0.1, 0.15) is 60.3 Å². The van der Waals surface area contributed by atoms with E-state index in [9.17, 15) is 0 Å². The molecule has 2 unspecified atom stereocenters. The van der Waals surface area contributed by atoms with Crippen LogP contribution in [0.2, 0.25) is 0 Å². The number of rotatable bonds is 2. The molecule has 13 heavy (non-hydrogen) atoms. The maximum Gasteiger partial charge on any atom is 0.00950 e. The van der Waals surface area contributed by atoms with E-state index in [0.717, 1.165) is 12.0 Å².